The van der Waals surface area contributed by atoms with Crippen LogP contribution in [0.15, 0.2) is 59.5 Å². The summed E-state index contributed by atoms with van der Waals surface area (Å²) < 4.78 is 25.4. The molecule has 1 amide bonds. The summed E-state index contributed by atoms with van der Waals surface area (Å²) >= 11 is 0. The molecular formula is C17H21N3O3S. The predicted octanol–water partition coefficient (Wildman–Crippen LogP) is 2.38. The summed E-state index contributed by atoms with van der Waals surface area (Å²) in [6, 6.07) is 15.1. The summed E-state index contributed by atoms with van der Waals surface area (Å²) in [7, 11) is -0.608. The minimum Gasteiger partial charge on any atom is -0.374 e. The van der Waals surface area contributed by atoms with Crippen molar-refractivity contribution in [2.45, 2.75) is 17.9 Å². The van der Waals surface area contributed by atoms with E-state index < -0.39 is 16.1 Å². The van der Waals surface area contributed by atoms with Gasteiger partial charge in [-0.1, -0.05) is 24.3 Å². The van der Waals surface area contributed by atoms with Crippen LogP contribution in [0.4, 0.5) is 11.4 Å². The Labute approximate surface area is 142 Å². The third-order valence-corrected chi connectivity index (χ3v) is 5.24. The largest absolute Gasteiger partial charge is 0.374 e. The van der Waals surface area contributed by atoms with Gasteiger partial charge in [0.05, 0.1) is 4.90 Å². The van der Waals surface area contributed by atoms with E-state index in [2.05, 4.69) is 10.6 Å². The Bertz CT molecular complexity index is 805. The van der Waals surface area contributed by atoms with Crippen LogP contribution in [-0.2, 0) is 14.8 Å². The number of carbonyl (C=O) groups excluding carboxylic acids is 1. The number of nitrogens with one attached hydrogen (secondary N) is 2. The minimum absolute atomic E-state index is 0.133. The molecule has 2 aromatic carbocycles. The molecule has 1 atom stereocenters. The first kappa shape index (κ1) is 18.0. The van der Waals surface area contributed by atoms with Crippen LogP contribution < -0.4 is 10.6 Å². The smallest absolute Gasteiger partial charge is 0.246 e. The highest BCUT2D eigenvalue weighted by molar-refractivity contribution is 7.89. The average molecular weight is 347 g/mol. The van der Waals surface area contributed by atoms with E-state index in [9.17, 15) is 13.2 Å². The van der Waals surface area contributed by atoms with Crippen LogP contribution in [0.2, 0.25) is 0 Å². The van der Waals surface area contributed by atoms with Crippen molar-refractivity contribution in [2.24, 2.45) is 0 Å². The Balaban J connectivity index is 2.09. The van der Waals surface area contributed by atoms with Crippen molar-refractivity contribution in [3.05, 3.63) is 54.6 Å². The molecule has 2 aromatic rings. The van der Waals surface area contributed by atoms with Gasteiger partial charge in [0.1, 0.15) is 6.04 Å². The number of para-hydroxylation sites is 1. The van der Waals surface area contributed by atoms with Crippen molar-refractivity contribution in [3.8, 4) is 0 Å². The molecule has 0 heterocycles. The van der Waals surface area contributed by atoms with Crippen LogP contribution in [0, 0.1) is 0 Å². The van der Waals surface area contributed by atoms with Crippen LogP contribution in [0.25, 0.3) is 0 Å². The van der Waals surface area contributed by atoms with E-state index in [0.29, 0.717) is 5.69 Å². The first-order chi connectivity index (χ1) is 11.3. The number of hydrogen-bond donors (Lipinski definition) is 2. The zero-order valence-corrected chi connectivity index (χ0v) is 14.7. The fraction of sp³-hybridized carbons (Fsp3) is 0.235. The number of benzene rings is 2. The summed E-state index contributed by atoms with van der Waals surface area (Å²) in [6.07, 6.45) is 0. The average Bonchev–Trinajstić information content (AvgIpc) is 2.55. The second kappa shape index (κ2) is 7.46. The van der Waals surface area contributed by atoms with Crippen molar-refractivity contribution in [2.75, 3.05) is 24.7 Å². The predicted molar refractivity (Wildman–Crippen MR) is 95.5 cm³/mol. The maximum Gasteiger partial charge on any atom is 0.246 e. The molecule has 0 saturated heterocycles. The van der Waals surface area contributed by atoms with E-state index in [0.717, 1.165) is 9.99 Å². The maximum absolute atomic E-state index is 12.3. The van der Waals surface area contributed by atoms with Crippen molar-refractivity contribution in [1.29, 1.82) is 0 Å². The topological polar surface area (TPSA) is 78.5 Å². The van der Waals surface area contributed by atoms with Crippen LogP contribution in [-0.4, -0.2) is 38.8 Å². The van der Waals surface area contributed by atoms with Gasteiger partial charge >= 0.3 is 0 Å². The summed E-state index contributed by atoms with van der Waals surface area (Å²) in [4.78, 5) is 12.4. The first-order valence-electron chi connectivity index (χ1n) is 7.46. The Morgan fingerprint density at radius 3 is 2.25 bits per heavy atom. The molecule has 2 N–H and O–H groups in total. The zero-order chi connectivity index (χ0) is 17.7. The molecule has 0 aliphatic rings. The molecule has 24 heavy (non-hydrogen) atoms. The molecule has 0 aliphatic carbocycles. The van der Waals surface area contributed by atoms with Crippen molar-refractivity contribution >= 4 is 27.3 Å². The number of carbonyl (C=O) groups is 1. The van der Waals surface area contributed by atoms with E-state index in [1.54, 1.807) is 19.1 Å². The van der Waals surface area contributed by atoms with Gasteiger partial charge in [-0.15, -0.1) is 0 Å². The Hall–Kier alpha value is -2.38. The third kappa shape index (κ3) is 4.33. The molecule has 0 bridgehead atoms. The van der Waals surface area contributed by atoms with Gasteiger partial charge in [0.25, 0.3) is 0 Å². The summed E-state index contributed by atoms with van der Waals surface area (Å²) in [5.41, 5.74) is 1.27. The molecule has 2 rings (SSSR count). The van der Waals surface area contributed by atoms with E-state index in [1.165, 1.54) is 26.2 Å². The number of nitrogens with zero attached hydrogens (tertiary/aromatic N) is 1. The molecule has 128 valence electrons. The van der Waals surface area contributed by atoms with Gasteiger partial charge in [-0.25, -0.2) is 12.7 Å². The molecule has 6 nitrogen and oxygen atoms in total. The molecular weight excluding hydrogens is 326 g/mol. The van der Waals surface area contributed by atoms with Crippen molar-refractivity contribution < 1.29 is 13.2 Å². The van der Waals surface area contributed by atoms with E-state index in [4.69, 9.17) is 0 Å². The van der Waals surface area contributed by atoms with Crippen LogP contribution in [0.3, 0.4) is 0 Å². The minimum atomic E-state index is -3.54. The van der Waals surface area contributed by atoms with Crippen molar-refractivity contribution in [1.82, 2.24) is 4.31 Å². The second-order valence-electron chi connectivity index (χ2n) is 5.54. The van der Waals surface area contributed by atoms with Gasteiger partial charge in [0.15, 0.2) is 0 Å². The number of sulfonamides is 1. The summed E-state index contributed by atoms with van der Waals surface area (Å²) in [5, 5.41) is 5.82. The van der Waals surface area contributed by atoms with Crippen molar-refractivity contribution in [3.63, 3.8) is 0 Å². The third-order valence-electron chi connectivity index (χ3n) is 3.43. The number of amides is 1. The second-order valence-corrected chi connectivity index (χ2v) is 7.69. The molecule has 0 unspecified atom stereocenters. The number of hydrogen-bond acceptors (Lipinski definition) is 4. The van der Waals surface area contributed by atoms with Gasteiger partial charge in [-0.3, -0.25) is 4.79 Å². The zero-order valence-electron chi connectivity index (χ0n) is 13.9. The molecule has 0 saturated carbocycles. The fourth-order valence-electron chi connectivity index (χ4n) is 2.05. The van der Waals surface area contributed by atoms with Gasteiger partial charge in [0, 0.05) is 25.5 Å². The van der Waals surface area contributed by atoms with Crippen LogP contribution in [0.5, 0.6) is 0 Å². The van der Waals surface area contributed by atoms with Gasteiger partial charge < -0.3 is 10.6 Å². The van der Waals surface area contributed by atoms with E-state index in [-0.39, 0.29) is 10.8 Å². The van der Waals surface area contributed by atoms with Gasteiger partial charge in [-0.2, -0.15) is 0 Å². The Kier molecular flexibility index (Phi) is 5.58. The molecule has 0 spiro atoms. The highest BCUT2D eigenvalue weighted by Gasteiger charge is 2.18. The van der Waals surface area contributed by atoms with Gasteiger partial charge in [0.2, 0.25) is 15.9 Å². The quantitative estimate of drug-likeness (QED) is 0.841. The summed E-state index contributed by atoms with van der Waals surface area (Å²) in [5.74, 6) is -0.252. The lowest BCUT2D eigenvalue weighted by Crippen LogP contribution is -2.32. The van der Waals surface area contributed by atoms with Gasteiger partial charge in [-0.05, 0) is 37.3 Å². The normalized spacial score (nSPS) is 12.7. The Morgan fingerprint density at radius 1 is 1.00 bits per heavy atom. The molecule has 7 heteroatoms. The molecule has 0 aliphatic heterocycles. The van der Waals surface area contributed by atoms with E-state index in [1.807, 2.05) is 30.3 Å². The standard InChI is InChI=1S/C17H21N3O3S/c1-13(18-14-8-5-4-6-9-14)17(21)19-15-10-7-11-16(12-15)24(22,23)20(2)3/h4-13,18H,1-3H3,(H,19,21)/t13-/m0/s1. The molecule has 0 fully saturated rings. The number of anilines is 2. The van der Waals surface area contributed by atoms with Crippen LogP contribution >= 0.6 is 0 Å². The molecule has 0 radical (unpaired) electrons. The maximum atomic E-state index is 12.3. The lowest BCUT2D eigenvalue weighted by Gasteiger charge is -2.16. The Morgan fingerprint density at radius 2 is 1.62 bits per heavy atom. The summed E-state index contributed by atoms with van der Waals surface area (Å²) in [6.45, 7) is 1.74. The SMILES string of the molecule is C[C@H](Nc1ccccc1)C(=O)Nc1cccc(S(=O)(=O)N(C)C)c1. The molecule has 0 aromatic heterocycles. The lowest BCUT2D eigenvalue weighted by molar-refractivity contribution is -0.116. The van der Waals surface area contributed by atoms with Crippen LogP contribution in [0.1, 0.15) is 6.92 Å². The first-order valence-corrected chi connectivity index (χ1v) is 8.90. The number of rotatable bonds is 6. The fourth-order valence-corrected chi connectivity index (χ4v) is 2.99. The highest BCUT2D eigenvalue weighted by atomic mass is 32.2. The monoisotopic (exact) mass is 347 g/mol. The van der Waals surface area contributed by atoms with E-state index >= 15 is 0 Å². The lowest BCUT2D eigenvalue weighted by atomic mass is 10.2. The highest BCUT2D eigenvalue weighted by Crippen LogP contribution is 2.18.